The summed E-state index contributed by atoms with van der Waals surface area (Å²) in [5.41, 5.74) is 3.98. The number of hydrogen-bond acceptors (Lipinski definition) is 5. The number of benzene rings is 2. The molecule has 0 amide bonds. The van der Waals surface area contributed by atoms with E-state index >= 15 is 4.39 Å². The number of methoxy groups -OCH3 is 1. The summed E-state index contributed by atoms with van der Waals surface area (Å²) in [7, 11) is 1.35. The number of unbranched alkanes of at least 4 members (excludes halogenated alkanes) is 1. The Morgan fingerprint density at radius 2 is 1.97 bits per heavy atom. The molecule has 0 aromatic heterocycles. The van der Waals surface area contributed by atoms with E-state index in [0.29, 0.717) is 41.4 Å². The van der Waals surface area contributed by atoms with Gasteiger partial charge in [0.1, 0.15) is 5.75 Å². The second kappa shape index (κ2) is 10.8. The number of aryl methyl sites for hydroxylation is 1. The zero-order valence-electron chi connectivity index (χ0n) is 21.5. The molecule has 1 heterocycles. The summed E-state index contributed by atoms with van der Waals surface area (Å²) in [6.45, 7) is 12.7. The summed E-state index contributed by atoms with van der Waals surface area (Å²) >= 11 is 0. The minimum absolute atomic E-state index is 0.325. The monoisotopic (exact) mass is 472 g/mol. The lowest BCUT2D eigenvalue weighted by Gasteiger charge is -2.30. The molecule has 1 aliphatic rings. The maximum Gasteiger partial charge on any atom is 0.339 e. The first-order valence-electron chi connectivity index (χ1n) is 12.1. The number of carbonyl (C=O) groups excluding carboxylic acids is 1. The van der Waals surface area contributed by atoms with Crippen molar-refractivity contribution in [3.8, 4) is 22.6 Å². The Bertz CT molecular complexity index is 1040. The predicted octanol–water partition coefficient (Wildman–Crippen LogP) is 6.64. The Hall–Kier alpha value is -2.60. The lowest BCUT2D eigenvalue weighted by molar-refractivity contribution is -0.164. The third-order valence-corrected chi connectivity index (χ3v) is 6.04. The van der Waals surface area contributed by atoms with E-state index < -0.39 is 23.5 Å². The van der Waals surface area contributed by atoms with Gasteiger partial charge in [-0.15, -0.1) is 0 Å². The molecule has 3 rings (SSSR count). The van der Waals surface area contributed by atoms with Gasteiger partial charge in [-0.25, -0.2) is 9.18 Å². The summed E-state index contributed by atoms with van der Waals surface area (Å²) in [6.07, 6.45) is 2.43. The maximum atomic E-state index is 15.3. The van der Waals surface area contributed by atoms with Gasteiger partial charge in [0.2, 0.25) is 0 Å². The molecule has 1 aliphatic heterocycles. The molecule has 34 heavy (non-hydrogen) atoms. The molecule has 0 spiro atoms. The highest BCUT2D eigenvalue weighted by Crippen LogP contribution is 2.45. The Morgan fingerprint density at radius 3 is 2.62 bits per heavy atom. The van der Waals surface area contributed by atoms with Crippen molar-refractivity contribution in [1.29, 1.82) is 0 Å². The second-order valence-corrected chi connectivity index (χ2v) is 9.80. The number of hydrogen-bond donors (Lipinski definition) is 0. The van der Waals surface area contributed by atoms with Crippen molar-refractivity contribution < 1.29 is 28.1 Å². The van der Waals surface area contributed by atoms with Gasteiger partial charge in [0, 0.05) is 16.7 Å². The van der Waals surface area contributed by atoms with E-state index in [4.69, 9.17) is 18.9 Å². The smallest absolute Gasteiger partial charge is 0.339 e. The first-order valence-corrected chi connectivity index (χ1v) is 12.1. The Balaban J connectivity index is 2.32. The van der Waals surface area contributed by atoms with Crippen LogP contribution in [0.5, 0.6) is 11.5 Å². The highest BCUT2D eigenvalue weighted by molar-refractivity contribution is 5.86. The standard InChI is InChI=1S/C28H37FO5/c1-8-9-14-32-22-13-12-17(2)23(26(27(30)31-7)34-28(4,5)6)24(22)20-16-21(29)25-19(18(20)3)11-10-15-33-25/h12-13,16,26H,8-11,14-15H2,1-7H3/t26-/m0/s1. The van der Waals surface area contributed by atoms with E-state index in [2.05, 4.69) is 6.92 Å². The highest BCUT2D eigenvalue weighted by Gasteiger charge is 2.34. The van der Waals surface area contributed by atoms with Crippen molar-refractivity contribution in [3.05, 3.63) is 46.3 Å². The van der Waals surface area contributed by atoms with Gasteiger partial charge < -0.3 is 18.9 Å². The van der Waals surface area contributed by atoms with Crippen LogP contribution in [0.2, 0.25) is 0 Å². The quantitative estimate of drug-likeness (QED) is 0.318. The van der Waals surface area contributed by atoms with Crippen LogP contribution in [0.1, 0.15) is 75.3 Å². The molecule has 0 radical (unpaired) electrons. The van der Waals surface area contributed by atoms with E-state index in [0.717, 1.165) is 42.4 Å². The van der Waals surface area contributed by atoms with E-state index in [1.54, 1.807) is 0 Å². The van der Waals surface area contributed by atoms with Crippen molar-refractivity contribution in [2.75, 3.05) is 20.3 Å². The fourth-order valence-electron chi connectivity index (χ4n) is 4.37. The van der Waals surface area contributed by atoms with Crippen molar-refractivity contribution in [3.63, 3.8) is 0 Å². The molecule has 186 valence electrons. The Labute approximate surface area is 202 Å². The van der Waals surface area contributed by atoms with Gasteiger partial charge in [0.25, 0.3) is 0 Å². The molecular formula is C28H37FO5. The van der Waals surface area contributed by atoms with Gasteiger partial charge in [-0.1, -0.05) is 19.4 Å². The van der Waals surface area contributed by atoms with Crippen LogP contribution in [0.3, 0.4) is 0 Å². The molecule has 0 unspecified atom stereocenters. The lowest BCUT2D eigenvalue weighted by Crippen LogP contribution is -2.29. The molecule has 0 N–H and O–H groups in total. The van der Waals surface area contributed by atoms with Crippen molar-refractivity contribution in [2.45, 2.75) is 78.9 Å². The Kier molecular flexibility index (Phi) is 8.24. The summed E-state index contributed by atoms with van der Waals surface area (Å²) in [6, 6.07) is 5.30. The van der Waals surface area contributed by atoms with E-state index in [-0.39, 0.29) is 0 Å². The number of fused-ring (bicyclic) bond motifs is 1. The SMILES string of the molecule is CCCCOc1ccc(C)c([C@H](OC(C)(C)C)C(=O)OC)c1-c1cc(F)c2c(c1C)CCCO2. The van der Waals surface area contributed by atoms with Crippen molar-refractivity contribution >= 4 is 5.97 Å². The summed E-state index contributed by atoms with van der Waals surface area (Å²) < 4.78 is 38.5. The maximum absolute atomic E-state index is 15.3. The molecule has 1 atom stereocenters. The molecule has 0 saturated carbocycles. The van der Waals surface area contributed by atoms with Gasteiger partial charge in [0.05, 0.1) is 25.9 Å². The first-order chi connectivity index (χ1) is 16.1. The average molecular weight is 473 g/mol. The minimum Gasteiger partial charge on any atom is -0.493 e. The van der Waals surface area contributed by atoms with Crippen molar-refractivity contribution in [1.82, 2.24) is 0 Å². The molecule has 5 nitrogen and oxygen atoms in total. The van der Waals surface area contributed by atoms with Gasteiger partial charge >= 0.3 is 5.97 Å². The largest absolute Gasteiger partial charge is 0.493 e. The normalized spacial score (nSPS) is 14.2. The number of halogens is 1. The zero-order chi connectivity index (χ0) is 25.0. The number of ether oxygens (including phenoxy) is 4. The molecule has 2 aromatic carbocycles. The molecule has 2 aromatic rings. The summed E-state index contributed by atoms with van der Waals surface area (Å²) in [4.78, 5) is 13.0. The van der Waals surface area contributed by atoms with E-state index in [9.17, 15) is 4.79 Å². The van der Waals surface area contributed by atoms with E-state index in [1.165, 1.54) is 13.2 Å². The van der Waals surface area contributed by atoms with Crippen LogP contribution in [0.25, 0.3) is 11.1 Å². The van der Waals surface area contributed by atoms with Crippen LogP contribution >= 0.6 is 0 Å². The van der Waals surface area contributed by atoms with Gasteiger partial charge in [-0.2, -0.15) is 0 Å². The molecular weight excluding hydrogens is 435 g/mol. The van der Waals surface area contributed by atoms with Gasteiger partial charge in [-0.3, -0.25) is 0 Å². The molecule has 0 saturated heterocycles. The topological polar surface area (TPSA) is 54.0 Å². The van der Waals surface area contributed by atoms with Crippen LogP contribution in [0.15, 0.2) is 18.2 Å². The van der Waals surface area contributed by atoms with Crippen LogP contribution < -0.4 is 9.47 Å². The third kappa shape index (κ3) is 5.54. The number of carbonyl (C=O) groups is 1. The Morgan fingerprint density at radius 1 is 1.24 bits per heavy atom. The van der Waals surface area contributed by atoms with E-state index in [1.807, 2.05) is 46.8 Å². The number of esters is 1. The zero-order valence-corrected chi connectivity index (χ0v) is 21.5. The molecule has 0 aliphatic carbocycles. The fraction of sp³-hybridized carbons (Fsp3) is 0.536. The van der Waals surface area contributed by atoms with Crippen LogP contribution in [-0.2, 0) is 20.7 Å². The third-order valence-electron chi connectivity index (χ3n) is 6.04. The van der Waals surface area contributed by atoms with Gasteiger partial charge in [-0.05, 0) is 82.7 Å². The molecule has 6 heteroatoms. The predicted molar refractivity (Wildman–Crippen MR) is 131 cm³/mol. The number of rotatable bonds is 8. The summed E-state index contributed by atoms with van der Waals surface area (Å²) in [5.74, 6) is 0.00303. The van der Waals surface area contributed by atoms with Crippen LogP contribution in [0, 0.1) is 19.7 Å². The van der Waals surface area contributed by atoms with Crippen LogP contribution in [-0.4, -0.2) is 31.9 Å². The van der Waals surface area contributed by atoms with Gasteiger partial charge in [0.15, 0.2) is 17.7 Å². The average Bonchev–Trinajstić information content (AvgIpc) is 2.80. The fourth-order valence-corrected chi connectivity index (χ4v) is 4.37. The van der Waals surface area contributed by atoms with Crippen LogP contribution in [0.4, 0.5) is 4.39 Å². The summed E-state index contributed by atoms with van der Waals surface area (Å²) in [5, 5.41) is 0. The molecule has 0 bridgehead atoms. The highest BCUT2D eigenvalue weighted by atomic mass is 19.1. The molecule has 0 fully saturated rings. The first kappa shape index (κ1) is 26.0. The van der Waals surface area contributed by atoms with Crippen molar-refractivity contribution in [2.24, 2.45) is 0 Å². The second-order valence-electron chi connectivity index (χ2n) is 9.80. The lowest BCUT2D eigenvalue weighted by atomic mass is 9.86. The minimum atomic E-state index is -0.996.